The maximum Gasteiger partial charge on any atom is 0.302 e. The van der Waals surface area contributed by atoms with Gasteiger partial charge in [-0.25, -0.2) is 0 Å². The molecule has 2 saturated heterocycles. The normalized spacial score (nSPS) is 57.7. The third-order valence-corrected chi connectivity index (χ3v) is 12.4. The van der Waals surface area contributed by atoms with Gasteiger partial charge < -0.3 is 9.47 Å². The van der Waals surface area contributed by atoms with Crippen LogP contribution < -0.4 is 5.32 Å². The standard InChI is InChI=1S/C29H47NO3/c1-17-8-13-29(30-16-17)18(2)26-25(33-29)15-24-22-7-6-20-14-21(32-19(3)31)9-11-27(20,4)23(22)10-12-28(24,26)5/h17-18,20-26,30H,6-16H2,1-5H3/t17-,18-,20-,21-,22+,23-,24-,25-,26-,27-,28-,29-/m0/s1. The van der Waals surface area contributed by atoms with E-state index in [4.69, 9.17) is 9.47 Å². The maximum absolute atomic E-state index is 11.6. The summed E-state index contributed by atoms with van der Waals surface area (Å²) >= 11 is 0. The first-order chi connectivity index (χ1) is 15.7. The summed E-state index contributed by atoms with van der Waals surface area (Å²) < 4.78 is 12.7. The van der Waals surface area contributed by atoms with E-state index in [9.17, 15) is 4.79 Å². The Hall–Kier alpha value is -0.610. The van der Waals surface area contributed by atoms with Gasteiger partial charge in [0.1, 0.15) is 11.8 Å². The van der Waals surface area contributed by atoms with Crippen molar-refractivity contribution in [1.29, 1.82) is 0 Å². The Balaban J connectivity index is 1.21. The fourth-order valence-electron chi connectivity index (χ4n) is 10.8. The monoisotopic (exact) mass is 457 g/mol. The third kappa shape index (κ3) is 3.25. The molecule has 4 heteroatoms. The number of rotatable bonds is 1. The third-order valence-electron chi connectivity index (χ3n) is 12.4. The van der Waals surface area contributed by atoms with Gasteiger partial charge in [-0.2, -0.15) is 0 Å². The highest BCUT2D eigenvalue weighted by molar-refractivity contribution is 5.66. The summed E-state index contributed by atoms with van der Waals surface area (Å²) in [7, 11) is 0. The quantitative estimate of drug-likeness (QED) is 0.495. The van der Waals surface area contributed by atoms with Crippen LogP contribution in [-0.2, 0) is 14.3 Å². The molecule has 6 rings (SSSR count). The smallest absolute Gasteiger partial charge is 0.302 e. The van der Waals surface area contributed by atoms with Gasteiger partial charge in [0.25, 0.3) is 0 Å². The Morgan fingerprint density at radius 1 is 0.939 bits per heavy atom. The predicted octanol–water partition coefficient (Wildman–Crippen LogP) is 5.94. The summed E-state index contributed by atoms with van der Waals surface area (Å²) in [6, 6.07) is 0. The molecule has 0 aromatic rings. The van der Waals surface area contributed by atoms with Crippen LogP contribution in [0.1, 0.15) is 98.8 Å². The fraction of sp³-hybridized carbons (Fsp3) is 0.966. The van der Waals surface area contributed by atoms with E-state index in [1.165, 1.54) is 51.4 Å². The van der Waals surface area contributed by atoms with Crippen molar-refractivity contribution in [2.45, 2.75) is 117 Å². The molecule has 2 aliphatic heterocycles. The second-order valence-corrected chi connectivity index (χ2v) is 13.8. The lowest BCUT2D eigenvalue weighted by Crippen LogP contribution is -2.57. The molecule has 33 heavy (non-hydrogen) atoms. The lowest BCUT2D eigenvalue weighted by Gasteiger charge is -2.61. The Morgan fingerprint density at radius 2 is 1.73 bits per heavy atom. The first-order valence-corrected chi connectivity index (χ1v) is 14.3. The Bertz CT molecular complexity index is 790. The van der Waals surface area contributed by atoms with Crippen LogP contribution in [0.2, 0.25) is 0 Å². The van der Waals surface area contributed by atoms with Crippen molar-refractivity contribution in [2.24, 2.45) is 52.3 Å². The molecule has 0 radical (unpaired) electrons. The zero-order chi connectivity index (χ0) is 23.2. The SMILES string of the molecule is CC(=O)O[C@H]1CC[C@@]2(C)[C@@H](CC[C@@H]3[C@@H]2CC[C@]2(C)[C@@H]4[C@H](C[C@@H]32)O[C@@]2(CC[C@H](C)CN2)[C@H]4C)C1. The molecular formula is C29H47NO3. The van der Waals surface area contributed by atoms with Crippen LogP contribution in [0.25, 0.3) is 0 Å². The van der Waals surface area contributed by atoms with Crippen LogP contribution in [0.5, 0.6) is 0 Å². The van der Waals surface area contributed by atoms with Crippen LogP contribution in [0, 0.1) is 52.3 Å². The largest absolute Gasteiger partial charge is 0.463 e. The summed E-state index contributed by atoms with van der Waals surface area (Å²) in [6.45, 7) is 12.8. The minimum atomic E-state index is -0.1000. The number of hydrogen-bond donors (Lipinski definition) is 1. The van der Waals surface area contributed by atoms with Gasteiger partial charge in [0, 0.05) is 19.4 Å². The van der Waals surface area contributed by atoms with Gasteiger partial charge in [0.15, 0.2) is 0 Å². The summed E-state index contributed by atoms with van der Waals surface area (Å²) in [5.74, 6) is 5.29. The highest BCUT2D eigenvalue weighted by Gasteiger charge is 2.68. The molecule has 1 spiro atoms. The summed E-state index contributed by atoms with van der Waals surface area (Å²) in [5, 5.41) is 3.89. The van der Waals surface area contributed by atoms with E-state index in [2.05, 4.69) is 33.0 Å². The van der Waals surface area contributed by atoms with E-state index in [1.807, 2.05) is 0 Å². The average molecular weight is 458 g/mol. The molecule has 4 nitrogen and oxygen atoms in total. The van der Waals surface area contributed by atoms with Crippen LogP contribution in [0.4, 0.5) is 0 Å². The highest BCUT2D eigenvalue weighted by Crippen LogP contribution is 2.71. The number of carbonyl (C=O) groups excluding carboxylic acids is 1. The molecule has 1 N–H and O–H groups in total. The van der Waals surface area contributed by atoms with E-state index in [0.717, 1.165) is 54.9 Å². The molecule has 0 bridgehead atoms. The Morgan fingerprint density at radius 3 is 2.45 bits per heavy atom. The van der Waals surface area contributed by atoms with Crippen LogP contribution >= 0.6 is 0 Å². The van der Waals surface area contributed by atoms with Gasteiger partial charge in [-0.3, -0.25) is 10.1 Å². The maximum atomic E-state index is 11.6. The molecular weight excluding hydrogens is 410 g/mol. The minimum Gasteiger partial charge on any atom is -0.463 e. The lowest BCUT2D eigenvalue weighted by molar-refractivity contribution is -0.162. The summed E-state index contributed by atoms with van der Waals surface area (Å²) in [4.78, 5) is 11.6. The van der Waals surface area contributed by atoms with Crippen molar-refractivity contribution in [3.8, 4) is 0 Å². The zero-order valence-corrected chi connectivity index (χ0v) is 21.7. The number of piperidine rings is 1. The van der Waals surface area contributed by atoms with Gasteiger partial charge >= 0.3 is 5.97 Å². The van der Waals surface area contributed by atoms with E-state index >= 15 is 0 Å². The second-order valence-electron chi connectivity index (χ2n) is 13.8. The molecule has 2 heterocycles. The summed E-state index contributed by atoms with van der Waals surface area (Å²) in [5.41, 5.74) is 0.830. The Labute approximate surface area is 201 Å². The van der Waals surface area contributed by atoms with Gasteiger partial charge in [0.05, 0.1) is 6.10 Å². The second kappa shape index (κ2) is 7.69. The van der Waals surface area contributed by atoms with Crippen molar-refractivity contribution in [2.75, 3.05) is 6.54 Å². The van der Waals surface area contributed by atoms with Crippen LogP contribution in [-0.4, -0.2) is 30.4 Å². The molecule has 0 aromatic carbocycles. The van der Waals surface area contributed by atoms with Gasteiger partial charge in [-0.15, -0.1) is 0 Å². The molecule has 6 fully saturated rings. The molecule has 186 valence electrons. The summed E-state index contributed by atoms with van der Waals surface area (Å²) in [6.07, 6.45) is 13.3. The number of hydrogen-bond acceptors (Lipinski definition) is 4. The average Bonchev–Trinajstić information content (AvgIpc) is 3.21. The topological polar surface area (TPSA) is 47.6 Å². The Kier molecular flexibility index (Phi) is 5.32. The van der Waals surface area contributed by atoms with E-state index < -0.39 is 0 Å². The van der Waals surface area contributed by atoms with Crippen LogP contribution in [0.3, 0.4) is 0 Å². The zero-order valence-electron chi connectivity index (χ0n) is 21.7. The van der Waals surface area contributed by atoms with Crippen molar-refractivity contribution in [3.05, 3.63) is 0 Å². The number of fused-ring (bicyclic) bond motifs is 7. The molecule has 0 unspecified atom stereocenters. The van der Waals surface area contributed by atoms with E-state index in [-0.39, 0.29) is 17.8 Å². The predicted molar refractivity (Wildman–Crippen MR) is 129 cm³/mol. The van der Waals surface area contributed by atoms with Crippen molar-refractivity contribution in [1.82, 2.24) is 5.32 Å². The number of nitrogens with one attached hydrogen (secondary N) is 1. The first-order valence-electron chi connectivity index (χ1n) is 14.3. The van der Waals surface area contributed by atoms with Gasteiger partial charge in [0.2, 0.25) is 0 Å². The number of carbonyl (C=O) groups is 1. The van der Waals surface area contributed by atoms with Crippen molar-refractivity contribution >= 4 is 5.97 Å². The molecule has 0 aromatic heterocycles. The van der Waals surface area contributed by atoms with Crippen molar-refractivity contribution < 1.29 is 14.3 Å². The first kappa shape index (κ1) is 22.8. The number of ether oxygens (including phenoxy) is 2. The van der Waals surface area contributed by atoms with E-state index in [0.29, 0.717) is 22.9 Å². The molecule has 4 aliphatic carbocycles. The molecule has 0 amide bonds. The molecule has 6 aliphatic rings. The van der Waals surface area contributed by atoms with Crippen LogP contribution in [0.15, 0.2) is 0 Å². The van der Waals surface area contributed by atoms with E-state index in [1.54, 1.807) is 6.92 Å². The minimum absolute atomic E-state index is 0.0502. The fourth-order valence-corrected chi connectivity index (χ4v) is 10.8. The van der Waals surface area contributed by atoms with Gasteiger partial charge in [-0.1, -0.05) is 27.7 Å². The highest BCUT2D eigenvalue weighted by atomic mass is 16.5. The lowest BCUT2D eigenvalue weighted by atomic mass is 9.44. The van der Waals surface area contributed by atoms with Gasteiger partial charge in [-0.05, 0) is 111 Å². The molecule has 4 saturated carbocycles. The molecule has 12 atom stereocenters. The van der Waals surface area contributed by atoms with Crippen molar-refractivity contribution in [3.63, 3.8) is 0 Å². The number of esters is 1.